The Kier molecular flexibility index (Phi) is 6.74. The highest BCUT2D eigenvalue weighted by Crippen LogP contribution is 2.69. The Hall–Kier alpha value is -0.340. The molecule has 2 nitrogen and oxygen atoms in total. The molecule has 4 rings (SSSR count). The van der Waals surface area contributed by atoms with Crippen molar-refractivity contribution in [2.24, 2.45) is 46.3 Å². The first-order valence-electron chi connectivity index (χ1n) is 13.9. The molecule has 2 heteroatoms. The van der Waals surface area contributed by atoms with Gasteiger partial charge in [0.15, 0.2) is 0 Å². The quantitative estimate of drug-likeness (QED) is 0.406. The molecule has 0 amide bonds. The zero-order valence-corrected chi connectivity index (χ0v) is 22.1. The van der Waals surface area contributed by atoms with Gasteiger partial charge in [0.05, 0.1) is 11.2 Å². The lowest BCUT2D eigenvalue weighted by Crippen LogP contribution is -2.55. The van der Waals surface area contributed by atoms with Crippen LogP contribution in [0.2, 0.25) is 0 Å². The lowest BCUT2D eigenvalue weighted by molar-refractivity contribution is -0.155. The highest BCUT2D eigenvalue weighted by molar-refractivity contribution is 5.10. The van der Waals surface area contributed by atoms with Crippen LogP contribution < -0.4 is 0 Å². The zero-order chi connectivity index (χ0) is 23.4. The summed E-state index contributed by atoms with van der Waals surface area (Å²) in [5.74, 6) is 5.21. The minimum absolute atomic E-state index is 0.112. The Morgan fingerprint density at radius 3 is 2.44 bits per heavy atom. The third-order valence-corrected chi connectivity index (χ3v) is 11.9. The van der Waals surface area contributed by atoms with E-state index in [4.69, 9.17) is 4.74 Å². The Morgan fingerprint density at radius 1 is 1.03 bits per heavy atom. The summed E-state index contributed by atoms with van der Waals surface area (Å²) in [6.07, 6.45) is 17.1. The van der Waals surface area contributed by atoms with Crippen LogP contribution in [0.3, 0.4) is 0 Å². The van der Waals surface area contributed by atoms with Gasteiger partial charge in [-0.15, -0.1) is 6.58 Å². The Morgan fingerprint density at radius 2 is 1.75 bits per heavy atom. The van der Waals surface area contributed by atoms with Crippen LogP contribution in [0.15, 0.2) is 12.7 Å². The molecule has 0 aromatic heterocycles. The van der Waals surface area contributed by atoms with Crippen LogP contribution in [0.4, 0.5) is 0 Å². The Bertz CT molecular complexity index is 684. The molecule has 4 fully saturated rings. The predicted octanol–water partition coefficient (Wildman–Crippen LogP) is 7.79. The van der Waals surface area contributed by atoms with Crippen molar-refractivity contribution in [1.82, 2.24) is 0 Å². The van der Waals surface area contributed by atoms with Gasteiger partial charge < -0.3 is 9.84 Å². The monoisotopic (exact) mass is 444 g/mol. The summed E-state index contributed by atoms with van der Waals surface area (Å²) in [6.45, 7) is 16.0. The predicted molar refractivity (Wildman–Crippen MR) is 134 cm³/mol. The van der Waals surface area contributed by atoms with Gasteiger partial charge in [-0.2, -0.15) is 0 Å². The summed E-state index contributed by atoms with van der Waals surface area (Å²) in [7, 11) is 1.93. The normalized spacial score (nSPS) is 48.8. The smallest absolute Gasteiger partial charge is 0.0654 e. The first-order chi connectivity index (χ1) is 15.0. The van der Waals surface area contributed by atoms with E-state index in [-0.39, 0.29) is 5.60 Å². The van der Waals surface area contributed by atoms with E-state index in [9.17, 15) is 5.11 Å². The van der Waals surface area contributed by atoms with Crippen LogP contribution in [-0.4, -0.2) is 23.4 Å². The standard InChI is InChI=1S/C30H52O2/c1-8-15-27(3,31)16-13-21(2)24-11-12-25-23-10-9-22-20-28(4,32-7)18-19-29(22,5)26(23)14-17-30(24,25)6/h8,21-26,31H,1,9-20H2,2-7H3. The van der Waals surface area contributed by atoms with Gasteiger partial charge in [-0.25, -0.2) is 0 Å². The molecular weight excluding hydrogens is 392 g/mol. The van der Waals surface area contributed by atoms with Crippen molar-refractivity contribution in [3.05, 3.63) is 12.7 Å². The molecule has 4 saturated carbocycles. The van der Waals surface area contributed by atoms with Crippen molar-refractivity contribution in [2.75, 3.05) is 7.11 Å². The number of methoxy groups -OCH3 is 1. The third kappa shape index (κ3) is 4.15. The molecule has 0 spiro atoms. The van der Waals surface area contributed by atoms with Crippen LogP contribution in [0, 0.1) is 46.3 Å². The molecular formula is C30H52O2. The van der Waals surface area contributed by atoms with Crippen LogP contribution >= 0.6 is 0 Å². The van der Waals surface area contributed by atoms with Gasteiger partial charge in [-0.1, -0.05) is 26.8 Å². The van der Waals surface area contributed by atoms with E-state index < -0.39 is 5.60 Å². The summed E-state index contributed by atoms with van der Waals surface area (Å²) >= 11 is 0. The van der Waals surface area contributed by atoms with Crippen LogP contribution in [0.25, 0.3) is 0 Å². The third-order valence-electron chi connectivity index (χ3n) is 11.9. The molecule has 0 aliphatic heterocycles. The molecule has 10 unspecified atom stereocenters. The van der Waals surface area contributed by atoms with Gasteiger partial charge in [0, 0.05) is 7.11 Å². The highest BCUT2D eigenvalue weighted by Gasteiger charge is 2.61. The summed E-state index contributed by atoms with van der Waals surface area (Å²) in [4.78, 5) is 0. The van der Waals surface area contributed by atoms with Gasteiger partial charge in [-0.3, -0.25) is 0 Å². The van der Waals surface area contributed by atoms with Gasteiger partial charge >= 0.3 is 0 Å². The lowest BCUT2D eigenvalue weighted by atomic mass is 9.43. The van der Waals surface area contributed by atoms with Crippen LogP contribution in [0.1, 0.15) is 112 Å². The van der Waals surface area contributed by atoms with Crippen molar-refractivity contribution in [1.29, 1.82) is 0 Å². The molecule has 1 N–H and O–H groups in total. The molecule has 4 aliphatic rings. The number of rotatable bonds is 7. The fourth-order valence-electron chi connectivity index (χ4n) is 9.73. The minimum Gasteiger partial charge on any atom is -0.390 e. The van der Waals surface area contributed by atoms with E-state index in [1.165, 1.54) is 57.8 Å². The maximum absolute atomic E-state index is 10.7. The number of aliphatic hydroxyl groups is 1. The van der Waals surface area contributed by atoms with Crippen LogP contribution in [-0.2, 0) is 4.74 Å². The van der Waals surface area contributed by atoms with Gasteiger partial charge in [0.1, 0.15) is 0 Å². The number of ether oxygens (including phenoxy) is 1. The zero-order valence-electron chi connectivity index (χ0n) is 22.1. The summed E-state index contributed by atoms with van der Waals surface area (Å²) in [6, 6.07) is 0. The highest BCUT2D eigenvalue weighted by atomic mass is 16.5. The molecule has 184 valence electrons. The fourth-order valence-corrected chi connectivity index (χ4v) is 9.73. The average molecular weight is 445 g/mol. The van der Waals surface area contributed by atoms with Crippen LogP contribution in [0.5, 0.6) is 0 Å². The van der Waals surface area contributed by atoms with Gasteiger partial charge in [0.25, 0.3) is 0 Å². The second-order valence-corrected chi connectivity index (χ2v) is 13.7. The van der Waals surface area contributed by atoms with Crippen molar-refractivity contribution in [3.8, 4) is 0 Å². The van der Waals surface area contributed by atoms with E-state index in [0.717, 1.165) is 42.4 Å². The van der Waals surface area contributed by atoms with E-state index in [2.05, 4.69) is 34.3 Å². The largest absolute Gasteiger partial charge is 0.390 e. The molecule has 0 radical (unpaired) electrons. The molecule has 0 aromatic rings. The van der Waals surface area contributed by atoms with Crippen molar-refractivity contribution >= 4 is 0 Å². The second kappa shape index (κ2) is 8.71. The Balaban J connectivity index is 1.46. The number of hydrogen-bond donors (Lipinski definition) is 1. The topological polar surface area (TPSA) is 29.5 Å². The van der Waals surface area contributed by atoms with Crippen molar-refractivity contribution < 1.29 is 9.84 Å². The molecule has 0 aromatic carbocycles. The molecule has 0 saturated heterocycles. The number of hydrogen-bond acceptors (Lipinski definition) is 2. The van der Waals surface area contributed by atoms with Crippen molar-refractivity contribution in [3.63, 3.8) is 0 Å². The SMILES string of the molecule is C=CCC(C)(O)CCC(C)C1CCC2C3CCC4CC(C)(OC)CCC4(C)C3CCC12C. The van der Waals surface area contributed by atoms with E-state index >= 15 is 0 Å². The van der Waals surface area contributed by atoms with E-state index in [0.29, 0.717) is 23.2 Å². The minimum atomic E-state index is -0.586. The maximum Gasteiger partial charge on any atom is 0.0654 e. The maximum atomic E-state index is 10.7. The summed E-state index contributed by atoms with van der Waals surface area (Å²) in [5, 5.41) is 10.7. The first kappa shape index (κ1) is 24.8. The Labute approximate surface area is 199 Å². The van der Waals surface area contributed by atoms with E-state index in [1.807, 2.05) is 20.1 Å². The summed E-state index contributed by atoms with van der Waals surface area (Å²) in [5.41, 5.74) is 0.581. The second-order valence-electron chi connectivity index (χ2n) is 13.7. The van der Waals surface area contributed by atoms with E-state index in [1.54, 1.807) is 0 Å². The molecule has 10 atom stereocenters. The molecule has 0 bridgehead atoms. The van der Waals surface area contributed by atoms with Crippen molar-refractivity contribution in [2.45, 2.75) is 123 Å². The molecule has 32 heavy (non-hydrogen) atoms. The summed E-state index contributed by atoms with van der Waals surface area (Å²) < 4.78 is 5.97. The lowest BCUT2D eigenvalue weighted by Gasteiger charge is -2.62. The van der Waals surface area contributed by atoms with Gasteiger partial charge in [-0.05, 0) is 137 Å². The first-order valence-corrected chi connectivity index (χ1v) is 13.9. The van der Waals surface area contributed by atoms with Gasteiger partial charge in [0.2, 0.25) is 0 Å². The number of fused-ring (bicyclic) bond motifs is 5. The molecule has 4 aliphatic carbocycles. The average Bonchev–Trinajstić information content (AvgIpc) is 3.10. The fraction of sp³-hybridized carbons (Fsp3) is 0.933. The molecule has 0 heterocycles.